The van der Waals surface area contributed by atoms with Gasteiger partial charge in [0.05, 0.1) is 6.10 Å². The predicted molar refractivity (Wildman–Crippen MR) is 119 cm³/mol. The van der Waals surface area contributed by atoms with Crippen molar-refractivity contribution in [3.63, 3.8) is 0 Å². The van der Waals surface area contributed by atoms with E-state index in [0.717, 1.165) is 44.9 Å². The Kier molecular flexibility index (Phi) is 6.26. The molecular weight excluding hydrogens is 390 g/mol. The van der Waals surface area contributed by atoms with Crippen LogP contribution in [0.5, 0.6) is 0 Å². The van der Waals surface area contributed by atoms with Crippen LogP contribution in [0.25, 0.3) is 10.4 Å². The number of ether oxygens (including phenoxy) is 1. The summed E-state index contributed by atoms with van der Waals surface area (Å²) in [4.78, 5) is 27.9. The zero-order valence-electron chi connectivity index (χ0n) is 19.7. The molecule has 0 radical (unpaired) electrons. The topological polar surface area (TPSA) is 92.1 Å². The largest absolute Gasteiger partial charge is 0.381 e. The first-order chi connectivity index (χ1) is 14.7. The number of carbonyl (C=O) groups is 2. The SMILES string of the molecule is CO[C@@H]1CC[C@@]2(C)[C@H](CC(=O)[C@@H]3[C@@H]2CC[C@]2(C)[C@@H]([C@H](C)CCC(=O)N=[N+]=[N-])CC[C@@H]32)C1. The van der Waals surface area contributed by atoms with E-state index in [1.807, 2.05) is 7.11 Å². The van der Waals surface area contributed by atoms with E-state index in [0.29, 0.717) is 47.9 Å². The van der Waals surface area contributed by atoms with Crippen LogP contribution in [0.1, 0.15) is 85.0 Å². The lowest BCUT2D eigenvalue weighted by molar-refractivity contribution is -0.161. The number of azide groups is 1. The molecule has 6 heteroatoms. The number of hydrogen-bond donors (Lipinski definition) is 0. The van der Waals surface area contributed by atoms with Crippen LogP contribution >= 0.6 is 0 Å². The van der Waals surface area contributed by atoms with Crippen LogP contribution < -0.4 is 0 Å². The van der Waals surface area contributed by atoms with E-state index < -0.39 is 0 Å². The molecule has 0 bridgehead atoms. The number of nitrogens with zero attached hydrogens (tertiary/aromatic N) is 3. The number of amides is 1. The normalized spacial score (nSPS) is 45.1. The average Bonchev–Trinajstić information content (AvgIpc) is 3.09. The Bertz CT molecular complexity index is 778. The van der Waals surface area contributed by atoms with Gasteiger partial charge in [-0.3, -0.25) is 9.59 Å². The van der Waals surface area contributed by atoms with Gasteiger partial charge in [-0.05, 0) is 102 Å². The van der Waals surface area contributed by atoms with Crippen molar-refractivity contribution in [2.24, 2.45) is 51.5 Å². The lowest BCUT2D eigenvalue weighted by Gasteiger charge is -2.60. The minimum atomic E-state index is -0.356. The Labute approximate surface area is 186 Å². The molecule has 6 nitrogen and oxygen atoms in total. The van der Waals surface area contributed by atoms with Crippen molar-refractivity contribution < 1.29 is 14.3 Å². The monoisotopic (exact) mass is 429 g/mol. The van der Waals surface area contributed by atoms with Gasteiger partial charge in [0.1, 0.15) is 5.78 Å². The lowest BCUT2D eigenvalue weighted by Crippen LogP contribution is -2.57. The smallest absolute Gasteiger partial charge is 0.218 e. The number of Topliss-reactive ketones (excluding diaryl/α,β-unsaturated/α-hetero) is 1. The van der Waals surface area contributed by atoms with Gasteiger partial charge in [0.15, 0.2) is 0 Å². The highest BCUT2D eigenvalue weighted by atomic mass is 16.5. The zero-order valence-corrected chi connectivity index (χ0v) is 19.7. The summed E-state index contributed by atoms with van der Waals surface area (Å²) in [7, 11) is 1.81. The average molecular weight is 430 g/mol. The van der Waals surface area contributed by atoms with Crippen LogP contribution in [0.3, 0.4) is 0 Å². The number of rotatable bonds is 5. The van der Waals surface area contributed by atoms with Gasteiger partial charge >= 0.3 is 0 Å². The van der Waals surface area contributed by atoms with Crippen LogP contribution in [0.2, 0.25) is 0 Å². The van der Waals surface area contributed by atoms with Gasteiger partial charge in [0.2, 0.25) is 5.91 Å². The van der Waals surface area contributed by atoms with Gasteiger partial charge in [-0.15, -0.1) is 0 Å². The molecule has 31 heavy (non-hydrogen) atoms. The molecular formula is C25H39N3O3. The maximum absolute atomic E-state index is 13.5. The van der Waals surface area contributed by atoms with E-state index >= 15 is 0 Å². The molecule has 4 aliphatic carbocycles. The number of carbonyl (C=O) groups excluding carboxylic acids is 2. The van der Waals surface area contributed by atoms with Crippen LogP contribution in [-0.4, -0.2) is 24.9 Å². The van der Waals surface area contributed by atoms with Crippen molar-refractivity contribution in [3.05, 3.63) is 10.4 Å². The predicted octanol–water partition coefficient (Wildman–Crippen LogP) is 6.09. The summed E-state index contributed by atoms with van der Waals surface area (Å²) in [6, 6.07) is 0. The van der Waals surface area contributed by atoms with Crippen molar-refractivity contribution in [2.45, 2.75) is 91.1 Å². The second kappa shape index (κ2) is 8.51. The van der Waals surface area contributed by atoms with Crippen LogP contribution in [0.15, 0.2) is 5.11 Å². The fourth-order valence-electron chi connectivity index (χ4n) is 8.73. The third kappa shape index (κ3) is 3.74. The lowest BCUT2D eigenvalue weighted by atomic mass is 9.44. The molecule has 4 saturated carbocycles. The first-order valence-electron chi connectivity index (χ1n) is 12.4. The Morgan fingerprint density at radius 1 is 1.19 bits per heavy atom. The minimum absolute atomic E-state index is 0.185. The summed E-state index contributed by atoms with van der Waals surface area (Å²) in [6.07, 6.45) is 10.2. The Balaban J connectivity index is 1.51. The van der Waals surface area contributed by atoms with Crippen molar-refractivity contribution in [3.8, 4) is 0 Å². The molecule has 0 aromatic heterocycles. The van der Waals surface area contributed by atoms with Crippen LogP contribution in [0.4, 0.5) is 0 Å². The van der Waals surface area contributed by atoms with E-state index in [9.17, 15) is 9.59 Å². The Morgan fingerprint density at radius 3 is 2.61 bits per heavy atom. The molecule has 4 rings (SSSR count). The van der Waals surface area contributed by atoms with E-state index in [4.69, 9.17) is 10.3 Å². The molecule has 0 N–H and O–H groups in total. The van der Waals surface area contributed by atoms with Crippen LogP contribution in [-0.2, 0) is 14.3 Å². The van der Waals surface area contributed by atoms with E-state index in [1.165, 1.54) is 12.8 Å². The van der Waals surface area contributed by atoms with E-state index in [1.54, 1.807) is 0 Å². The molecule has 0 aromatic carbocycles. The van der Waals surface area contributed by atoms with Crippen molar-refractivity contribution in [1.29, 1.82) is 0 Å². The second-order valence-corrected chi connectivity index (χ2v) is 11.6. The van der Waals surface area contributed by atoms with E-state index in [-0.39, 0.29) is 22.7 Å². The van der Waals surface area contributed by atoms with Crippen molar-refractivity contribution in [1.82, 2.24) is 0 Å². The highest BCUT2D eigenvalue weighted by Gasteiger charge is 2.63. The van der Waals surface area contributed by atoms with Gasteiger partial charge in [-0.25, -0.2) is 0 Å². The fourth-order valence-corrected chi connectivity index (χ4v) is 8.73. The summed E-state index contributed by atoms with van der Waals surface area (Å²) in [5, 5.41) is 3.23. The fraction of sp³-hybridized carbons (Fsp3) is 0.920. The maximum atomic E-state index is 13.5. The van der Waals surface area contributed by atoms with Gasteiger partial charge in [0.25, 0.3) is 0 Å². The van der Waals surface area contributed by atoms with Crippen molar-refractivity contribution >= 4 is 11.7 Å². The van der Waals surface area contributed by atoms with Gasteiger partial charge in [-0.1, -0.05) is 20.8 Å². The Hall–Kier alpha value is -1.39. The third-order valence-corrected chi connectivity index (χ3v) is 10.5. The first kappa shape index (κ1) is 22.8. The molecule has 0 saturated heterocycles. The molecule has 0 heterocycles. The molecule has 0 unspecified atom stereocenters. The summed E-state index contributed by atoms with van der Waals surface area (Å²) in [5.74, 6) is 2.82. The summed E-state index contributed by atoms with van der Waals surface area (Å²) < 4.78 is 5.68. The standard InChI is InChI=1S/C25H39N3O3/c1-15(5-8-22(30)27-28-26)18-6-7-19-23-20(10-12-25(18,19)3)24(2)11-9-17(31-4)13-16(24)14-21(23)29/h15-20,23H,5-14H2,1-4H3/t15-,16+,17-,18-,19+,20+,23+,24+,25-/m1/s1. The molecule has 4 aliphatic rings. The summed E-state index contributed by atoms with van der Waals surface area (Å²) in [5.41, 5.74) is 8.94. The molecule has 0 aliphatic heterocycles. The summed E-state index contributed by atoms with van der Waals surface area (Å²) >= 11 is 0. The second-order valence-electron chi connectivity index (χ2n) is 11.6. The number of hydrogen-bond acceptors (Lipinski definition) is 3. The number of fused-ring (bicyclic) bond motifs is 5. The van der Waals surface area contributed by atoms with Crippen molar-refractivity contribution in [2.75, 3.05) is 7.11 Å². The van der Waals surface area contributed by atoms with Gasteiger partial charge < -0.3 is 4.74 Å². The molecule has 0 spiro atoms. The molecule has 4 fully saturated rings. The zero-order chi connectivity index (χ0) is 22.4. The highest BCUT2D eigenvalue weighted by Crippen LogP contribution is 2.67. The number of methoxy groups -OCH3 is 1. The molecule has 1 amide bonds. The Morgan fingerprint density at radius 2 is 1.90 bits per heavy atom. The molecule has 172 valence electrons. The quantitative estimate of drug-likeness (QED) is 0.300. The van der Waals surface area contributed by atoms with Gasteiger partial charge in [-0.2, -0.15) is 0 Å². The summed E-state index contributed by atoms with van der Waals surface area (Å²) in [6.45, 7) is 7.16. The first-order valence-corrected chi connectivity index (χ1v) is 12.4. The number of ketones is 1. The van der Waals surface area contributed by atoms with Crippen LogP contribution in [0, 0.1) is 46.3 Å². The van der Waals surface area contributed by atoms with Gasteiger partial charge in [0, 0.05) is 30.8 Å². The maximum Gasteiger partial charge on any atom is 0.218 e. The van der Waals surface area contributed by atoms with E-state index in [2.05, 4.69) is 30.8 Å². The third-order valence-electron chi connectivity index (χ3n) is 10.5. The highest BCUT2D eigenvalue weighted by molar-refractivity contribution is 5.83. The molecule has 0 aromatic rings. The molecule has 9 atom stereocenters. The minimum Gasteiger partial charge on any atom is -0.381 e.